The molecule has 3 nitrogen and oxygen atoms in total. The lowest BCUT2D eigenvalue weighted by Gasteiger charge is -2.38. The van der Waals surface area contributed by atoms with Crippen molar-refractivity contribution < 1.29 is 13.9 Å². The highest BCUT2D eigenvalue weighted by Gasteiger charge is 2.43. The smallest absolute Gasteiger partial charge is 0.289 e. The zero-order valence-corrected chi connectivity index (χ0v) is 11.1. The number of alkyl halides is 2. The molecule has 106 valence electrons. The number of aliphatic hydroxyl groups is 1. The Morgan fingerprint density at radius 2 is 2.05 bits per heavy atom. The van der Waals surface area contributed by atoms with Crippen LogP contribution in [0.1, 0.15) is 17.2 Å². The van der Waals surface area contributed by atoms with Gasteiger partial charge in [0.25, 0.3) is 5.92 Å². The second-order valence-corrected chi connectivity index (χ2v) is 5.02. The van der Waals surface area contributed by atoms with Crippen molar-refractivity contribution in [3.63, 3.8) is 0 Å². The molecule has 0 aliphatic carbocycles. The Morgan fingerprint density at radius 3 is 2.63 bits per heavy atom. The van der Waals surface area contributed by atoms with Gasteiger partial charge in [0.15, 0.2) is 0 Å². The fourth-order valence-electron chi connectivity index (χ4n) is 2.59. The van der Waals surface area contributed by atoms with E-state index in [9.17, 15) is 8.78 Å². The van der Waals surface area contributed by atoms with E-state index in [0.717, 1.165) is 5.56 Å². The first-order valence-electron chi connectivity index (χ1n) is 6.54. The number of halogens is 2. The van der Waals surface area contributed by atoms with E-state index in [0.29, 0.717) is 31.7 Å². The van der Waals surface area contributed by atoms with Crippen LogP contribution >= 0.6 is 0 Å². The molecule has 0 spiro atoms. The van der Waals surface area contributed by atoms with Crippen molar-refractivity contribution in [2.45, 2.75) is 18.9 Å². The predicted molar refractivity (Wildman–Crippen MR) is 70.4 cm³/mol. The van der Waals surface area contributed by atoms with Crippen LogP contribution < -0.4 is 5.32 Å². The highest BCUT2D eigenvalue weighted by Crippen LogP contribution is 2.36. The molecule has 0 unspecified atom stereocenters. The van der Waals surface area contributed by atoms with Gasteiger partial charge in [-0.15, -0.1) is 0 Å². The van der Waals surface area contributed by atoms with Crippen LogP contribution in [0.3, 0.4) is 0 Å². The van der Waals surface area contributed by atoms with Crippen molar-refractivity contribution in [3.05, 3.63) is 35.4 Å². The van der Waals surface area contributed by atoms with E-state index in [1.165, 1.54) is 0 Å². The van der Waals surface area contributed by atoms with Gasteiger partial charge >= 0.3 is 0 Å². The molecular weight excluding hydrogens is 250 g/mol. The zero-order valence-electron chi connectivity index (χ0n) is 11.1. The summed E-state index contributed by atoms with van der Waals surface area (Å²) in [5.41, 5.74) is 1.52. The van der Waals surface area contributed by atoms with Gasteiger partial charge in [-0.3, -0.25) is 4.90 Å². The van der Waals surface area contributed by atoms with Crippen LogP contribution in [0.5, 0.6) is 0 Å². The molecule has 0 aromatic heterocycles. The monoisotopic (exact) mass is 270 g/mol. The van der Waals surface area contributed by atoms with Crippen LogP contribution in [0.25, 0.3) is 0 Å². The SMILES string of the molecule is Cc1cccc([C@@H](N2CCNCC2)C(F)(F)CO)c1. The molecule has 1 aliphatic rings. The number of nitrogens with one attached hydrogen (secondary N) is 1. The summed E-state index contributed by atoms with van der Waals surface area (Å²) in [4.78, 5) is 1.75. The van der Waals surface area contributed by atoms with Crippen molar-refractivity contribution in [1.82, 2.24) is 10.2 Å². The van der Waals surface area contributed by atoms with E-state index in [1.54, 1.807) is 23.1 Å². The molecule has 1 atom stereocenters. The summed E-state index contributed by atoms with van der Waals surface area (Å²) in [6.45, 7) is 3.28. The quantitative estimate of drug-likeness (QED) is 0.872. The van der Waals surface area contributed by atoms with Gasteiger partial charge in [0.2, 0.25) is 0 Å². The summed E-state index contributed by atoms with van der Waals surface area (Å²) < 4.78 is 28.2. The highest BCUT2D eigenvalue weighted by atomic mass is 19.3. The summed E-state index contributed by atoms with van der Waals surface area (Å²) in [5, 5.41) is 12.2. The third-order valence-electron chi connectivity index (χ3n) is 3.49. The Balaban J connectivity index is 2.33. The van der Waals surface area contributed by atoms with Gasteiger partial charge in [-0.1, -0.05) is 29.8 Å². The molecule has 1 heterocycles. The maximum atomic E-state index is 14.1. The summed E-state index contributed by atoms with van der Waals surface area (Å²) in [7, 11) is 0. The number of aryl methyl sites for hydroxylation is 1. The lowest BCUT2D eigenvalue weighted by molar-refractivity contribution is -0.118. The summed E-state index contributed by atoms with van der Waals surface area (Å²) in [6.07, 6.45) is 0. The second-order valence-electron chi connectivity index (χ2n) is 5.02. The molecule has 1 aliphatic heterocycles. The number of nitrogens with zero attached hydrogens (tertiary/aromatic N) is 1. The number of rotatable bonds is 4. The number of hydrogen-bond acceptors (Lipinski definition) is 3. The van der Waals surface area contributed by atoms with Crippen molar-refractivity contribution in [3.8, 4) is 0 Å². The molecule has 1 fully saturated rings. The first kappa shape index (κ1) is 14.4. The molecule has 0 saturated carbocycles. The van der Waals surface area contributed by atoms with Crippen LogP contribution in [0.2, 0.25) is 0 Å². The zero-order chi connectivity index (χ0) is 13.9. The number of hydrogen-bond donors (Lipinski definition) is 2. The third kappa shape index (κ3) is 3.29. The highest BCUT2D eigenvalue weighted by molar-refractivity contribution is 5.27. The van der Waals surface area contributed by atoms with Crippen LogP contribution in [-0.4, -0.2) is 48.7 Å². The molecule has 0 radical (unpaired) electrons. The number of piperazine rings is 1. The molecule has 0 bridgehead atoms. The first-order chi connectivity index (χ1) is 9.04. The summed E-state index contributed by atoms with van der Waals surface area (Å²) in [5.74, 6) is -3.13. The summed E-state index contributed by atoms with van der Waals surface area (Å²) in [6, 6.07) is 6.10. The van der Waals surface area contributed by atoms with Crippen LogP contribution in [0.4, 0.5) is 8.78 Å². The van der Waals surface area contributed by atoms with Gasteiger partial charge in [-0.25, -0.2) is 8.78 Å². The topological polar surface area (TPSA) is 35.5 Å². The van der Waals surface area contributed by atoms with Gasteiger partial charge in [0.1, 0.15) is 12.6 Å². The summed E-state index contributed by atoms with van der Waals surface area (Å²) >= 11 is 0. The number of benzene rings is 1. The Kier molecular flexibility index (Phi) is 4.50. The molecule has 1 aromatic carbocycles. The predicted octanol–water partition coefficient (Wildman–Crippen LogP) is 1.57. The lowest BCUT2D eigenvalue weighted by Crippen LogP contribution is -2.51. The van der Waals surface area contributed by atoms with Crippen molar-refractivity contribution in [1.29, 1.82) is 0 Å². The van der Waals surface area contributed by atoms with Gasteiger partial charge < -0.3 is 10.4 Å². The van der Waals surface area contributed by atoms with E-state index >= 15 is 0 Å². The van der Waals surface area contributed by atoms with Crippen LogP contribution in [0.15, 0.2) is 24.3 Å². The maximum Gasteiger partial charge on any atom is 0.289 e. The molecule has 19 heavy (non-hydrogen) atoms. The fourth-order valence-corrected chi connectivity index (χ4v) is 2.59. The van der Waals surface area contributed by atoms with Gasteiger partial charge in [-0.2, -0.15) is 0 Å². The molecule has 1 saturated heterocycles. The van der Waals surface area contributed by atoms with E-state index in [4.69, 9.17) is 5.11 Å². The minimum Gasteiger partial charge on any atom is -0.390 e. The average Bonchev–Trinajstić information content (AvgIpc) is 2.40. The average molecular weight is 270 g/mol. The Morgan fingerprint density at radius 1 is 1.37 bits per heavy atom. The second kappa shape index (κ2) is 5.94. The third-order valence-corrected chi connectivity index (χ3v) is 3.49. The minimum absolute atomic E-state index is 0.564. The molecule has 0 amide bonds. The van der Waals surface area contributed by atoms with E-state index < -0.39 is 18.6 Å². The maximum absolute atomic E-state index is 14.1. The first-order valence-corrected chi connectivity index (χ1v) is 6.54. The normalized spacial score (nSPS) is 19.4. The molecule has 1 aromatic rings. The van der Waals surface area contributed by atoms with Crippen LogP contribution in [-0.2, 0) is 0 Å². The largest absolute Gasteiger partial charge is 0.390 e. The molecule has 2 rings (SSSR count). The standard InChI is InChI=1S/C14H20F2N2O/c1-11-3-2-4-12(9-11)13(14(15,16)10-19)18-7-5-17-6-8-18/h2-4,9,13,17,19H,5-8,10H2,1H3/t13-/m1/s1. The Hall–Kier alpha value is -1.04. The minimum atomic E-state index is -3.13. The number of aliphatic hydroxyl groups excluding tert-OH is 1. The van der Waals surface area contributed by atoms with Crippen molar-refractivity contribution in [2.24, 2.45) is 0 Å². The van der Waals surface area contributed by atoms with E-state index in [-0.39, 0.29) is 0 Å². The van der Waals surface area contributed by atoms with Crippen molar-refractivity contribution in [2.75, 3.05) is 32.8 Å². The van der Waals surface area contributed by atoms with E-state index in [1.807, 2.05) is 13.0 Å². The molecular formula is C14H20F2N2O. The Labute approximate surface area is 112 Å². The van der Waals surface area contributed by atoms with Crippen LogP contribution in [0, 0.1) is 6.92 Å². The van der Waals surface area contributed by atoms with Crippen molar-refractivity contribution >= 4 is 0 Å². The van der Waals surface area contributed by atoms with Gasteiger partial charge in [0.05, 0.1) is 0 Å². The van der Waals surface area contributed by atoms with Gasteiger partial charge in [0, 0.05) is 26.2 Å². The molecule has 2 N–H and O–H groups in total. The Bertz CT molecular complexity index is 420. The van der Waals surface area contributed by atoms with Gasteiger partial charge in [-0.05, 0) is 12.5 Å². The lowest BCUT2D eigenvalue weighted by atomic mass is 9.97. The van der Waals surface area contributed by atoms with E-state index in [2.05, 4.69) is 5.32 Å². The fraction of sp³-hybridized carbons (Fsp3) is 0.571. The molecule has 5 heteroatoms.